The Morgan fingerprint density at radius 1 is 1.14 bits per heavy atom. The van der Waals surface area contributed by atoms with Gasteiger partial charge in [-0.25, -0.2) is 12.8 Å². The molecule has 0 radical (unpaired) electrons. The van der Waals surface area contributed by atoms with Crippen LogP contribution in [0, 0.1) is 5.82 Å². The van der Waals surface area contributed by atoms with Gasteiger partial charge in [-0.2, -0.15) is 0 Å². The van der Waals surface area contributed by atoms with Crippen LogP contribution < -0.4 is 10.0 Å². The summed E-state index contributed by atoms with van der Waals surface area (Å²) in [5.41, 5.74) is 1.05. The van der Waals surface area contributed by atoms with Crippen LogP contribution in [0.25, 0.3) is 0 Å². The van der Waals surface area contributed by atoms with Crippen LogP contribution in [0.3, 0.4) is 0 Å². The lowest BCUT2D eigenvalue weighted by atomic mass is 10.2. The monoisotopic (exact) mass is 372 g/mol. The highest BCUT2D eigenvalue weighted by Gasteiger charge is 2.19. The highest BCUT2D eigenvalue weighted by Crippen LogP contribution is 2.21. The van der Waals surface area contributed by atoms with Gasteiger partial charge in [0.2, 0.25) is 0 Å². The van der Waals surface area contributed by atoms with Crippen molar-refractivity contribution in [1.29, 1.82) is 0 Å². The Hall–Kier alpha value is -1.44. The molecule has 0 saturated carbocycles. The molecule has 2 aromatic rings. The molecule has 0 aromatic heterocycles. The topological polar surface area (TPSA) is 58.2 Å². The summed E-state index contributed by atoms with van der Waals surface area (Å²) in [6.07, 6.45) is 0. The third kappa shape index (κ3) is 4.03. The van der Waals surface area contributed by atoms with Crippen molar-refractivity contribution in [3.05, 3.63) is 58.3 Å². The molecule has 0 bridgehead atoms. The maximum Gasteiger partial charge on any atom is 0.264 e. The fraction of sp³-hybridized carbons (Fsp3) is 0.143. The number of anilines is 1. The Morgan fingerprint density at radius 3 is 2.38 bits per heavy atom. The van der Waals surface area contributed by atoms with Crippen LogP contribution in [0.2, 0.25) is 0 Å². The highest BCUT2D eigenvalue weighted by molar-refractivity contribution is 9.10. The first kappa shape index (κ1) is 15.9. The maximum atomic E-state index is 14.0. The number of hydrogen-bond acceptors (Lipinski definition) is 3. The number of rotatable bonds is 5. The van der Waals surface area contributed by atoms with Crippen LogP contribution >= 0.6 is 15.9 Å². The first-order valence-electron chi connectivity index (χ1n) is 6.14. The number of hydrogen-bond donors (Lipinski definition) is 2. The van der Waals surface area contributed by atoms with Crippen LogP contribution in [-0.2, 0) is 16.6 Å². The number of benzene rings is 2. The highest BCUT2D eigenvalue weighted by atomic mass is 79.9. The molecule has 0 aliphatic carbocycles. The molecule has 2 aromatic carbocycles. The molecule has 0 heterocycles. The Labute approximate surface area is 131 Å². The van der Waals surface area contributed by atoms with Crippen molar-refractivity contribution < 1.29 is 12.8 Å². The molecular formula is C14H14BrFN2O2S. The second-order valence-electron chi connectivity index (χ2n) is 4.41. The number of halogens is 2. The van der Waals surface area contributed by atoms with Crippen LogP contribution in [0.1, 0.15) is 5.56 Å². The van der Waals surface area contributed by atoms with E-state index < -0.39 is 15.8 Å². The molecule has 0 atom stereocenters. The van der Waals surface area contributed by atoms with Crippen molar-refractivity contribution in [1.82, 2.24) is 5.32 Å². The molecule has 0 aliphatic rings. The van der Waals surface area contributed by atoms with Gasteiger partial charge in [-0.15, -0.1) is 0 Å². The second-order valence-corrected chi connectivity index (χ2v) is 6.97. The molecule has 0 spiro atoms. The average Bonchev–Trinajstić information content (AvgIpc) is 2.41. The molecule has 2 rings (SSSR count). The summed E-state index contributed by atoms with van der Waals surface area (Å²) in [6.45, 7) is 0.470. The summed E-state index contributed by atoms with van der Waals surface area (Å²) in [4.78, 5) is -0.370. The van der Waals surface area contributed by atoms with Crippen molar-refractivity contribution in [2.75, 3.05) is 11.8 Å². The van der Waals surface area contributed by atoms with E-state index in [1.54, 1.807) is 37.4 Å². The van der Waals surface area contributed by atoms with Gasteiger partial charge in [-0.3, -0.25) is 4.72 Å². The summed E-state index contributed by atoms with van der Waals surface area (Å²) >= 11 is 3.26. The quantitative estimate of drug-likeness (QED) is 0.847. The molecule has 0 unspecified atom stereocenters. The minimum absolute atomic E-state index is 0.370. The first-order valence-corrected chi connectivity index (χ1v) is 8.41. The molecule has 0 amide bonds. The van der Waals surface area contributed by atoms with Gasteiger partial charge in [0.1, 0.15) is 10.7 Å². The lowest BCUT2D eigenvalue weighted by Crippen LogP contribution is -2.15. The predicted molar refractivity (Wildman–Crippen MR) is 84.1 cm³/mol. The van der Waals surface area contributed by atoms with E-state index in [-0.39, 0.29) is 4.90 Å². The van der Waals surface area contributed by atoms with Crippen molar-refractivity contribution in [3.8, 4) is 0 Å². The summed E-state index contributed by atoms with van der Waals surface area (Å²) in [6, 6.07) is 10.6. The van der Waals surface area contributed by atoms with Gasteiger partial charge in [0, 0.05) is 16.7 Å². The standard InChI is InChI=1S/C14H14BrFN2O2S/c1-17-9-10-2-7-14(13(16)8-10)21(19,20)18-12-5-3-11(15)4-6-12/h2-8,17-18H,9H2,1H3. The summed E-state index contributed by atoms with van der Waals surface area (Å²) in [7, 11) is -2.22. The smallest absolute Gasteiger partial charge is 0.264 e. The lowest BCUT2D eigenvalue weighted by molar-refractivity contribution is 0.568. The van der Waals surface area contributed by atoms with Crippen molar-refractivity contribution in [2.45, 2.75) is 11.4 Å². The molecule has 21 heavy (non-hydrogen) atoms. The van der Waals surface area contributed by atoms with Crippen molar-refractivity contribution in [3.63, 3.8) is 0 Å². The Morgan fingerprint density at radius 2 is 1.81 bits per heavy atom. The number of sulfonamides is 1. The SMILES string of the molecule is CNCc1ccc(S(=O)(=O)Nc2ccc(Br)cc2)c(F)c1. The van der Waals surface area contributed by atoms with Gasteiger partial charge in [0.25, 0.3) is 10.0 Å². The van der Waals surface area contributed by atoms with E-state index in [1.807, 2.05) is 0 Å². The molecule has 0 saturated heterocycles. The minimum atomic E-state index is -3.95. The van der Waals surface area contributed by atoms with Crippen molar-refractivity contribution >= 4 is 31.6 Å². The van der Waals surface area contributed by atoms with Gasteiger partial charge >= 0.3 is 0 Å². The van der Waals surface area contributed by atoms with Gasteiger partial charge in [0.15, 0.2) is 0 Å². The Kier molecular flexibility index (Phi) is 4.97. The largest absolute Gasteiger partial charge is 0.316 e. The third-order valence-electron chi connectivity index (χ3n) is 2.76. The van der Waals surface area contributed by atoms with Crippen LogP contribution in [0.5, 0.6) is 0 Å². The average molecular weight is 373 g/mol. The first-order chi connectivity index (χ1) is 9.92. The summed E-state index contributed by atoms with van der Waals surface area (Å²) in [5.74, 6) is -0.771. The molecular weight excluding hydrogens is 359 g/mol. The second kappa shape index (κ2) is 6.55. The van der Waals surface area contributed by atoms with E-state index >= 15 is 0 Å². The van der Waals surface area contributed by atoms with E-state index in [4.69, 9.17) is 0 Å². The fourth-order valence-electron chi connectivity index (χ4n) is 1.80. The van der Waals surface area contributed by atoms with E-state index in [1.165, 1.54) is 12.1 Å². The summed E-state index contributed by atoms with van der Waals surface area (Å²) in [5, 5.41) is 2.88. The minimum Gasteiger partial charge on any atom is -0.316 e. The van der Waals surface area contributed by atoms with Gasteiger partial charge < -0.3 is 5.32 Å². The zero-order valence-electron chi connectivity index (χ0n) is 11.2. The Bertz CT molecular complexity index is 733. The third-order valence-corrected chi connectivity index (χ3v) is 4.71. The van der Waals surface area contributed by atoms with E-state index in [9.17, 15) is 12.8 Å². The molecule has 7 heteroatoms. The molecule has 4 nitrogen and oxygen atoms in total. The number of nitrogens with one attached hydrogen (secondary N) is 2. The van der Waals surface area contributed by atoms with Gasteiger partial charge in [-0.1, -0.05) is 22.0 Å². The maximum absolute atomic E-state index is 14.0. The predicted octanol–water partition coefficient (Wildman–Crippen LogP) is 3.11. The van der Waals surface area contributed by atoms with Crippen LogP contribution in [-0.4, -0.2) is 15.5 Å². The summed E-state index contributed by atoms with van der Waals surface area (Å²) < 4.78 is 41.6. The van der Waals surface area contributed by atoms with E-state index in [0.29, 0.717) is 17.8 Å². The normalized spacial score (nSPS) is 11.4. The zero-order chi connectivity index (χ0) is 15.5. The molecule has 0 fully saturated rings. The molecule has 2 N–H and O–H groups in total. The molecule has 112 valence electrons. The Balaban J connectivity index is 2.29. The molecule has 0 aliphatic heterocycles. The van der Waals surface area contributed by atoms with E-state index in [0.717, 1.165) is 4.47 Å². The fourth-order valence-corrected chi connectivity index (χ4v) is 3.19. The van der Waals surface area contributed by atoms with Crippen molar-refractivity contribution in [2.24, 2.45) is 0 Å². The van der Waals surface area contributed by atoms with Crippen LogP contribution in [0.15, 0.2) is 51.8 Å². The lowest BCUT2D eigenvalue weighted by Gasteiger charge is -2.10. The van der Waals surface area contributed by atoms with E-state index in [2.05, 4.69) is 26.0 Å². The van der Waals surface area contributed by atoms with Crippen LogP contribution in [0.4, 0.5) is 10.1 Å². The van der Waals surface area contributed by atoms with Gasteiger partial charge in [-0.05, 0) is 49.0 Å². The van der Waals surface area contributed by atoms with Gasteiger partial charge in [0.05, 0.1) is 0 Å². The zero-order valence-corrected chi connectivity index (χ0v) is 13.6.